The van der Waals surface area contributed by atoms with Gasteiger partial charge in [0, 0.05) is 29.0 Å². The van der Waals surface area contributed by atoms with Gasteiger partial charge in [0.25, 0.3) is 0 Å². The Morgan fingerprint density at radius 3 is 2.00 bits per heavy atom. The van der Waals surface area contributed by atoms with Gasteiger partial charge in [0.15, 0.2) is 12.4 Å². The topological polar surface area (TPSA) is 44.0 Å². The molecular weight excluding hydrogens is 342 g/mol. The van der Waals surface area contributed by atoms with Crippen LogP contribution in [-0.2, 0) is 6.54 Å². The first-order valence-electron chi connectivity index (χ1n) is 9.58. The zero-order valence-corrected chi connectivity index (χ0v) is 16.7. The fourth-order valence-electron chi connectivity index (χ4n) is 2.66. The van der Waals surface area contributed by atoms with Gasteiger partial charge in [-0.3, -0.25) is 0 Å². The van der Waals surface area contributed by atoms with E-state index in [-0.39, 0.29) is 5.56 Å². The van der Waals surface area contributed by atoms with E-state index >= 15 is 0 Å². The monoisotopic (exact) mass is 373 g/mol. The van der Waals surface area contributed by atoms with Crippen molar-refractivity contribution in [2.24, 2.45) is 0 Å². The van der Waals surface area contributed by atoms with Gasteiger partial charge < -0.3 is 9.90 Å². The van der Waals surface area contributed by atoms with Crippen LogP contribution >= 0.6 is 12.6 Å². The Labute approximate surface area is 163 Å². The number of pyridine rings is 1. The summed E-state index contributed by atoms with van der Waals surface area (Å²) < 4.78 is 2.27. The zero-order valence-electron chi connectivity index (χ0n) is 15.8. The first-order valence-corrected chi connectivity index (χ1v) is 10.0. The van der Waals surface area contributed by atoms with Crippen molar-refractivity contribution in [1.82, 2.24) is 0 Å². The average Bonchev–Trinajstić information content (AvgIpc) is 2.65. The molecule has 0 saturated carbocycles. The Morgan fingerprint density at radius 2 is 1.46 bits per heavy atom. The van der Waals surface area contributed by atoms with E-state index < -0.39 is 5.97 Å². The summed E-state index contributed by atoms with van der Waals surface area (Å²) in [5.74, 6) is -1.19. The highest BCUT2D eigenvalue weighted by molar-refractivity contribution is 7.80. The predicted molar refractivity (Wildman–Crippen MR) is 107 cm³/mol. The van der Waals surface area contributed by atoms with Gasteiger partial charge in [0.05, 0.1) is 5.97 Å². The molecule has 142 valence electrons. The molecule has 0 spiro atoms. The van der Waals surface area contributed by atoms with Gasteiger partial charge in [0.1, 0.15) is 6.54 Å². The van der Waals surface area contributed by atoms with E-state index in [0.717, 1.165) is 0 Å². The lowest BCUT2D eigenvalue weighted by Gasteiger charge is -2.03. The Balaban J connectivity index is 0.000000289. The summed E-state index contributed by atoms with van der Waals surface area (Å²) in [6, 6.07) is 12.7. The number of thiol groups is 1. The fraction of sp³-hybridized carbons (Fsp3) is 0.455. The highest BCUT2D eigenvalue weighted by atomic mass is 32.1. The fourth-order valence-corrected chi connectivity index (χ4v) is 2.91. The molecule has 26 heavy (non-hydrogen) atoms. The van der Waals surface area contributed by atoms with Crippen molar-refractivity contribution < 1.29 is 14.5 Å². The molecule has 1 heterocycles. The summed E-state index contributed by atoms with van der Waals surface area (Å²) in [6.45, 7) is 3.45. The van der Waals surface area contributed by atoms with Crippen LogP contribution in [0.1, 0.15) is 68.6 Å². The molecule has 0 aliphatic heterocycles. The lowest BCUT2D eigenvalue weighted by atomic mass is 10.1. The molecule has 2 rings (SSSR count). The lowest BCUT2D eigenvalue weighted by molar-refractivity contribution is -0.697. The molecule has 0 aliphatic rings. The van der Waals surface area contributed by atoms with Crippen LogP contribution in [0.2, 0.25) is 0 Å². The molecule has 3 nitrogen and oxygen atoms in total. The van der Waals surface area contributed by atoms with Gasteiger partial charge in [-0.05, 0) is 12.5 Å². The van der Waals surface area contributed by atoms with Crippen LogP contribution in [0.3, 0.4) is 0 Å². The first kappa shape index (κ1) is 22.2. The molecule has 0 aliphatic carbocycles. The molecular formula is C22H31NO2S. The minimum atomic E-state index is -1.19. The summed E-state index contributed by atoms with van der Waals surface area (Å²) in [5, 5.41) is 10.3. The maximum atomic E-state index is 10.3. The van der Waals surface area contributed by atoms with Crippen molar-refractivity contribution >= 4 is 18.6 Å². The molecule has 0 radical (unpaired) electrons. The van der Waals surface area contributed by atoms with Crippen molar-refractivity contribution in [3.05, 3.63) is 60.4 Å². The molecule has 0 saturated heterocycles. The standard InChI is InChI=1S/C15H26N.C7H6O2S/c1-2-3-4-5-6-7-8-10-13-16-14-11-9-12-15-16;8-7(9)5-3-1-2-4-6(5)10/h9,11-12,14-15H,2-8,10,13H2,1H3;1-4,10H,(H,8,9)/q+1;/p-1. The Kier molecular flexibility index (Phi) is 12.3. The van der Waals surface area contributed by atoms with E-state index in [1.807, 2.05) is 0 Å². The highest BCUT2D eigenvalue weighted by Gasteiger charge is 1.97. The van der Waals surface area contributed by atoms with Crippen LogP contribution in [0, 0.1) is 0 Å². The van der Waals surface area contributed by atoms with Crippen molar-refractivity contribution in [2.75, 3.05) is 0 Å². The van der Waals surface area contributed by atoms with E-state index in [1.165, 1.54) is 64.0 Å². The molecule has 1 aromatic carbocycles. The predicted octanol–water partition coefficient (Wildman–Crippen LogP) is 4.45. The number of aromatic nitrogens is 1. The van der Waals surface area contributed by atoms with Crippen molar-refractivity contribution in [1.29, 1.82) is 0 Å². The number of carbonyl (C=O) groups is 1. The van der Waals surface area contributed by atoms with E-state index in [2.05, 4.69) is 54.7 Å². The average molecular weight is 374 g/mol. The van der Waals surface area contributed by atoms with Crippen LogP contribution < -0.4 is 9.67 Å². The quantitative estimate of drug-likeness (QED) is 0.380. The number of hydrogen-bond acceptors (Lipinski definition) is 3. The number of carboxylic acids is 1. The Bertz CT molecular complexity index is 617. The number of rotatable bonds is 10. The molecule has 1 aromatic heterocycles. The molecule has 4 heteroatoms. The molecule has 0 fully saturated rings. The molecule has 0 bridgehead atoms. The van der Waals surface area contributed by atoms with E-state index in [0.29, 0.717) is 4.90 Å². The number of nitrogens with zero attached hydrogens (tertiary/aromatic N) is 1. The second-order valence-electron chi connectivity index (χ2n) is 6.39. The van der Waals surface area contributed by atoms with Crippen LogP contribution in [0.5, 0.6) is 0 Å². The van der Waals surface area contributed by atoms with Gasteiger partial charge in [0.2, 0.25) is 0 Å². The van der Waals surface area contributed by atoms with Gasteiger partial charge in [-0.25, -0.2) is 4.57 Å². The number of aromatic carboxylic acids is 1. The largest absolute Gasteiger partial charge is 0.545 e. The Morgan fingerprint density at radius 1 is 0.885 bits per heavy atom. The van der Waals surface area contributed by atoms with Gasteiger partial charge >= 0.3 is 0 Å². The normalized spacial score (nSPS) is 10.1. The maximum Gasteiger partial charge on any atom is 0.168 e. The summed E-state index contributed by atoms with van der Waals surface area (Å²) in [7, 11) is 0. The van der Waals surface area contributed by atoms with Gasteiger partial charge in [-0.2, -0.15) is 0 Å². The summed E-state index contributed by atoms with van der Waals surface area (Å²) in [5.41, 5.74) is 0.130. The van der Waals surface area contributed by atoms with Crippen LogP contribution in [0.4, 0.5) is 0 Å². The van der Waals surface area contributed by atoms with E-state index in [4.69, 9.17) is 0 Å². The van der Waals surface area contributed by atoms with Crippen LogP contribution in [0.25, 0.3) is 0 Å². The molecule has 0 amide bonds. The van der Waals surface area contributed by atoms with Crippen molar-refractivity contribution in [3.8, 4) is 0 Å². The highest BCUT2D eigenvalue weighted by Crippen LogP contribution is 2.11. The molecule has 0 N–H and O–H groups in total. The number of benzene rings is 1. The van der Waals surface area contributed by atoms with Gasteiger partial charge in [-0.1, -0.05) is 69.7 Å². The third kappa shape index (κ3) is 10.2. The minimum absolute atomic E-state index is 0.130. The number of hydrogen-bond donors (Lipinski definition) is 1. The number of carbonyl (C=O) groups excluding carboxylic acids is 1. The van der Waals surface area contributed by atoms with E-state index in [9.17, 15) is 9.90 Å². The smallest absolute Gasteiger partial charge is 0.168 e. The van der Waals surface area contributed by atoms with E-state index in [1.54, 1.807) is 18.2 Å². The SMILES string of the molecule is CCCCCCCCCC[n+]1ccccc1.O=C([O-])c1ccccc1S. The van der Waals surface area contributed by atoms with Crippen molar-refractivity contribution in [2.45, 2.75) is 69.7 Å². The summed E-state index contributed by atoms with van der Waals surface area (Å²) in [6.07, 6.45) is 15.5. The minimum Gasteiger partial charge on any atom is -0.545 e. The number of unbranched alkanes of at least 4 members (excludes halogenated alkanes) is 7. The molecule has 2 aromatic rings. The summed E-state index contributed by atoms with van der Waals surface area (Å²) >= 11 is 3.92. The third-order valence-electron chi connectivity index (χ3n) is 4.17. The lowest BCUT2D eigenvalue weighted by Crippen LogP contribution is -2.32. The summed E-state index contributed by atoms with van der Waals surface area (Å²) in [4.78, 5) is 10.7. The maximum absolute atomic E-state index is 10.3. The first-order chi connectivity index (χ1) is 12.6. The Hall–Kier alpha value is -1.81. The van der Waals surface area contributed by atoms with Crippen LogP contribution in [0.15, 0.2) is 59.8 Å². The third-order valence-corrected chi connectivity index (χ3v) is 4.56. The van der Waals surface area contributed by atoms with Gasteiger partial charge in [-0.15, -0.1) is 12.6 Å². The second-order valence-corrected chi connectivity index (χ2v) is 6.87. The van der Waals surface area contributed by atoms with Crippen LogP contribution in [-0.4, -0.2) is 5.97 Å². The molecule has 0 unspecified atom stereocenters. The van der Waals surface area contributed by atoms with Crippen molar-refractivity contribution in [3.63, 3.8) is 0 Å². The second kappa shape index (κ2) is 14.4. The number of carboxylic acid groups (broad SMARTS) is 1. The zero-order chi connectivity index (χ0) is 19.0. The molecule has 0 atom stereocenters. The number of aryl methyl sites for hydroxylation is 1.